The molecule has 3 nitrogen and oxygen atoms in total. The van der Waals surface area contributed by atoms with E-state index in [9.17, 15) is 18.0 Å². The predicted molar refractivity (Wildman–Crippen MR) is 73.0 cm³/mol. The van der Waals surface area contributed by atoms with E-state index in [0.29, 0.717) is 5.56 Å². The number of amides is 1. The van der Waals surface area contributed by atoms with Gasteiger partial charge in [-0.2, -0.15) is 0 Å². The Hall–Kier alpha value is -2.50. The number of hydrogen-bond acceptors (Lipinski definition) is 2. The summed E-state index contributed by atoms with van der Waals surface area (Å²) in [7, 11) is 1.46. The van der Waals surface area contributed by atoms with Crippen molar-refractivity contribution in [3.8, 4) is 0 Å². The molecule has 0 saturated carbocycles. The largest absolute Gasteiger partial charge is 0.394 e. The molecule has 0 aliphatic heterocycles. The molecule has 0 bridgehead atoms. The molecule has 0 spiro atoms. The van der Waals surface area contributed by atoms with Crippen LogP contribution in [0.3, 0.4) is 0 Å². The van der Waals surface area contributed by atoms with E-state index in [1.165, 1.54) is 30.1 Å². The minimum Gasteiger partial charge on any atom is -0.394 e. The van der Waals surface area contributed by atoms with E-state index in [0.717, 1.165) is 12.1 Å². The highest BCUT2D eigenvalue weighted by atomic mass is 19.1. The first-order chi connectivity index (χ1) is 9.88. The maximum absolute atomic E-state index is 13.4. The van der Waals surface area contributed by atoms with E-state index in [1.807, 2.05) is 0 Å². The summed E-state index contributed by atoms with van der Waals surface area (Å²) in [4.78, 5) is 13.3. The highest BCUT2D eigenvalue weighted by Gasteiger charge is 2.16. The van der Waals surface area contributed by atoms with Crippen molar-refractivity contribution in [2.45, 2.75) is 6.54 Å². The van der Waals surface area contributed by atoms with Gasteiger partial charge in [0.1, 0.15) is 23.1 Å². The molecule has 0 unspecified atom stereocenters. The van der Waals surface area contributed by atoms with Crippen LogP contribution in [0.15, 0.2) is 36.4 Å². The Morgan fingerprint density at radius 1 is 1.14 bits per heavy atom. The summed E-state index contributed by atoms with van der Waals surface area (Å²) in [6.07, 6.45) is 0. The summed E-state index contributed by atoms with van der Waals surface area (Å²) in [6, 6.07) is 7.50. The standard InChI is InChI=1S/C15H13F3N2O/c1-20(8-9-3-2-4-11(16)5-9)15(21)10-6-12(17)14(19)13(18)7-10/h2-7H,8,19H2,1H3. The van der Waals surface area contributed by atoms with Crippen LogP contribution in [0, 0.1) is 17.5 Å². The molecule has 0 aromatic heterocycles. The third-order valence-corrected chi connectivity index (χ3v) is 2.98. The summed E-state index contributed by atoms with van der Waals surface area (Å²) in [5.41, 5.74) is 4.94. The van der Waals surface area contributed by atoms with Crippen LogP contribution < -0.4 is 5.73 Å². The third kappa shape index (κ3) is 3.34. The van der Waals surface area contributed by atoms with Crippen molar-refractivity contribution >= 4 is 11.6 Å². The number of carbonyl (C=O) groups is 1. The van der Waals surface area contributed by atoms with E-state index in [-0.39, 0.29) is 12.1 Å². The molecule has 21 heavy (non-hydrogen) atoms. The molecule has 0 radical (unpaired) electrons. The summed E-state index contributed by atoms with van der Waals surface area (Å²) in [5, 5.41) is 0. The van der Waals surface area contributed by atoms with Crippen molar-refractivity contribution < 1.29 is 18.0 Å². The number of benzene rings is 2. The average Bonchev–Trinajstić information content (AvgIpc) is 2.43. The molecular weight excluding hydrogens is 281 g/mol. The number of carbonyl (C=O) groups excluding carboxylic acids is 1. The number of nitrogen functional groups attached to an aromatic ring is 1. The van der Waals surface area contributed by atoms with Gasteiger partial charge in [0.25, 0.3) is 5.91 Å². The molecule has 0 atom stereocenters. The highest BCUT2D eigenvalue weighted by molar-refractivity contribution is 5.94. The quantitative estimate of drug-likeness (QED) is 0.885. The number of halogens is 3. The Morgan fingerprint density at radius 3 is 2.33 bits per heavy atom. The zero-order chi connectivity index (χ0) is 15.6. The maximum Gasteiger partial charge on any atom is 0.254 e. The van der Waals surface area contributed by atoms with Gasteiger partial charge in [0.15, 0.2) is 0 Å². The van der Waals surface area contributed by atoms with E-state index >= 15 is 0 Å². The van der Waals surface area contributed by atoms with E-state index in [4.69, 9.17) is 5.73 Å². The highest BCUT2D eigenvalue weighted by Crippen LogP contribution is 2.19. The minimum absolute atomic E-state index is 0.115. The molecule has 2 aromatic carbocycles. The van der Waals surface area contributed by atoms with Crippen molar-refractivity contribution in [2.75, 3.05) is 12.8 Å². The lowest BCUT2D eigenvalue weighted by Gasteiger charge is -2.17. The number of hydrogen-bond donors (Lipinski definition) is 1. The topological polar surface area (TPSA) is 46.3 Å². The smallest absolute Gasteiger partial charge is 0.254 e. The Balaban J connectivity index is 2.20. The van der Waals surface area contributed by atoms with Crippen LogP contribution in [-0.4, -0.2) is 17.9 Å². The Kier molecular flexibility index (Phi) is 4.16. The van der Waals surface area contributed by atoms with Crippen LogP contribution in [0.2, 0.25) is 0 Å². The molecule has 0 aliphatic carbocycles. The van der Waals surface area contributed by atoms with Crippen molar-refractivity contribution in [2.24, 2.45) is 0 Å². The van der Waals surface area contributed by atoms with Crippen molar-refractivity contribution in [3.05, 3.63) is 65.0 Å². The predicted octanol–water partition coefficient (Wildman–Crippen LogP) is 2.96. The first kappa shape index (κ1) is 14.9. The first-order valence-electron chi connectivity index (χ1n) is 6.13. The molecular formula is C15H13F3N2O. The van der Waals surface area contributed by atoms with Gasteiger partial charge in [0.2, 0.25) is 0 Å². The molecule has 110 valence electrons. The fraction of sp³-hybridized carbons (Fsp3) is 0.133. The maximum atomic E-state index is 13.4. The summed E-state index contributed by atoms with van der Waals surface area (Å²) < 4.78 is 39.8. The normalized spacial score (nSPS) is 10.5. The van der Waals surface area contributed by atoms with Crippen molar-refractivity contribution in [1.29, 1.82) is 0 Å². The number of rotatable bonds is 3. The number of anilines is 1. The number of nitrogens with zero attached hydrogens (tertiary/aromatic N) is 1. The van der Waals surface area contributed by atoms with Crippen LogP contribution >= 0.6 is 0 Å². The first-order valence-corrected chi connectivity index (χ1v) is 6.13. The Labute approximate surface area is 119 Å². The summed E-state index contributed by atoms with van der Waals surface area (Å²) >= 11 is 0. The third-order valence-electron chi connectivity index (χ3n) is 2.98. The molecule has 2 aromatic rings. The zero-order valence-corrected chi connectivity index (χ0v) is 11.2. The minimum atomic E-state index is -0.988. The van der Waals surface area contributed by atoms with Gasteiger partial charge in [-0.3, -0.25) is 4.79 Å². The lowest BCUT2D eigenvalue weighted by atomic mass is 10.1. The van der Waals surface area contributed by atoms with Gasteiger partial charge in [-0.25, -0.2) is 13.2 Å². The van der Waals surface area contributed by atoms with Crippen LogP contribution in [0.4, 0.5) is 18.9 Å². The van der Waals surface area contributed by atoms with Crippen molar-refractivity contribution in [3.63, 3.8) is 0 Å². The Morgan fingerprint density at radius 2 is 1.76 bits per heavy atom. The number of nitrogens with two attached hydrogens (primary N) is 1. The van der Waals surface area contributed by atoms with Crippen LogP contribution in [0.1, 0.15) is 15.9 Å². The molecule has 0 heterocycles. The fourth-order valence-corrected chi connectivity index (χ4v) is 1.91. The molecule has 0 fully saturated rings. The zero-order valence-electron chi connectivity index (χ0n) is 11.2. The van der Waals surface area contributed by atoms with E-state index in [1.54, 1.807) is 6.07 Å². The monoisotopic (exact) mass is 294 g/mol. The van der Waals surface area contributed by atoms with Crippen LogP contribution in [0.5, 0.6) is 0 Å². The van der Waals surface area contributed by atoms with Gasteiger partial charge >= 0.3 is 0 Å². The molecule has 1 amide bonds. The summed E-state index contributed by atoms with van der Waals surface area (Å²) in [6.45, 7) is 0.115. The van der Waals surface area contributed by atoms with Gasteiger partial charge < -0.3 is 10.6 Å². The molecule has 6 heteroatoms. The molecule has 2 N–H and O–H groups in total. The Bertz CT molecular complexity index is 665. The molecule has 0 saturated heterocycles. The lowest BCUT2D eigenvalue weighted by molar-refractivity contribution is 0.0784. The SMILES string of the molecule is CN(Cc1cccc(F)c1)C(=O)c1cc(F)c(N)c(F)c1. The van der Waals surface area contributed by atoms with E-state index < -0.39 is 29.0 Å². The van der Waals surface area contributed by atoms with E-state index in [2.05, 4.69) is 0 Å². The summed E-state index contributed by atoms with van der Waals surface area (Å²) in [5.74, 6) is -2.98. The van der Waals surface area contributed by atoms with Gasteiger partial charge in [-0.15, -0.1) is 0 Å². The average molecular weight is 294 g/mol. The molecule has 2 rings (SSSR count). The lowest BCUT2D eigenvalue weighted by Crippen LogP contribution is -2.26. The van der Waals surface area contributed by atoms with Gasteiger partial charge in [0, 0.05) is 19.2 Å². The second-order valence-corrected chi connectivity index (χ2v) is 4.64. The van der Waals surface area contributed by atoms with Crippen LogP contribution in [-0.2, 0) is 6.54 Å². The van der Waals surface area contributed by atoms with Gasteiger partial charge in [-0.05, 0) is 29.8 Å². The second-order valence-electron chi connectivity index (χ2n) is 4.64. The van der Waals surface area contributed by atoms with Crippen LogP contribution in [0.25, 0.3) is 0 Å². The van der Waals surface area contributed by atoms with Gasteiger partial charge in [0.05, 0.1) is 0 Å². The fourth-order valence-electron chi connectivity index (χ4n) is 1.91. The second kappa shape index (κ2) is 5.87. The molecule has 0 aliphatic rings. The van der Waals surface area contributed by atoms with Crippen molar-refractivity contribution in [1.82, 2.24) is 4.90 Å². The van der Waals surface area contributed by atoms with Gasteiger partial charge in [-0.1, -0.05) is 12.1 Å².